The van der Waals surface area contributed by atoms with Crippen molar-refractivity contribution in [2.24, 2.45) is 0 Å². The maximum absolute atomic E-state index is 5.56. The summed E-state index contributed by atoms with van der Waals surface area (Å²) >= 11 is 0. The van der Waals surface area contributed by atoms with Crippen molar-refractivity contribution in [2.75, 3.05) is 19.0 Å². The van der Waals surface area contributed by atoms with Gasteiger partial charge in [0.05, 0.1) is 18.8 Å². The van der Waals surface area contributed by atoms with E-state index in [4.69, 9.17) is 9.84 Å². The zero-order valence-electron chi connectivity index (χ0n) is 13.0. The number of methoxy groups -OCH3 is 1. The molecule has 2 aromatic rings. The van der Waals surface area contributed by atoms with Gasteiger partial charge in [-0.2, -0.15) is 5.10 Å². The van der Waals surface area contributed by atoms with Gasteiger partial charge in [-0.15, -0.1) is 0 Å². The van der Waals surface area contributed by atoms with Crippen molar-refractivity contribution >= 4 is 5.82 Å². The standard InChI is InChI=1S/C17H23N3O/c1-4-5-13-11-17-18-9-8-15(20(17)19-13)14-10-12(2)6-7-16(14)21-3/h6-7,10-11,15,18H,4-5,8-9H2,1-3H3. The largest absolute Gasteiger partial charge is 0.496 e. The van der Waals surface area contributed by atoms with Crippen LogP contribution in [0.5, 0.6) is 5.75 Å². The van der Waals surface area contributed by atoms with Crippen LogP contribution < -0.4 is 10.1 Å². The highest BCUT2D eigenvalue weighted by Crippen LogP contribution is 2.35. The van der Waals surface area contributed by atoms with Crippen molar-refractivity contribution in [2.45, 2.75) is 39.2 Å². The molecule has 1 aromatic carbocycles. The molecule has 1 unspecified atom stereocenters. The van der Waals surface area contributed by atoms with Crippen LogP contribution in [0.1, 0.15) is 42.6 Å². The number of nitrogens with zero attached hydrogens (tertiary/aromatic N) is 2. The monoisotopic (exact) mass is 285 g/mol. The number of rotatable bonds is 4. The number of anilines is 1. The fourth-order valence-electron chi connectivity index (χ4n) is 3.05. The molecule has 1 aliphatic rings. The number of fused-ring (bicyclic) bond motifs is 1. The maximum Gasteiger partial charge on any atom is 0.125 e. The molecule has 112 valence electrons. The molecule has 0 fully saturated rings. The van der Waals surface area contributed by atoms with Gasteiger partial charge in [0.25, 0.3) is 0 Å². The summed E-state index contributed by atoms with van der Waals surface area (Å²) in [6.45, 7) is 5.28. The molecule has 4 heteroatoms. The number of hydrogen-bond donors (Lipinski definition) is 1. The fourth-order valence-corrected chi connectivity index (χ4v) is 3.05. The van der Waals surface area contributed by atoms with Crippen molar-refractivity contribution in [3.63, 3.8) is 0 Å². The average molecular weight is 285 g/mol. The van der Waals surface area contributed by atoms with Crippen molar-refractivity contribution in [3.8, 4) is 5.75 Å². The zero-order chi connectivity index (χ0) is 14.8. The quantitative estimate of drug-likeness (QED) is 0.933. The molecular formula is C17H23N3O. The highest BCUT2D eigenvalue weighted by atomic mass is 16.5. The van der Waals surface area contributed by atoms with Crippen LogP contribution in [0.3, 0.4) is 0 Å². The number of aromatic nitrogens is 2. The molecular weight excluding hydrogens is 262 g/mol. The normalized spacial score (nSPS) is 17.2. The lowest BCUT2D eigenvalue weighted by Gasteiger charge is -2.27. The molecule has 0 aliphatic carbocycles. The van der Waals surface area contributed by atoms with Crippen molar-refractivity contribution in [1.29, 1.82) is 0 Å². The van der Waals surface area contributed by atoms with Crippen LogP contribution in [-0.4, -0.2) is 23.4 Å². The van der Waals surface area contributed by atoms with Gasteiger partial charge < -0.3 is 10.1 Å². The third kappa shape index (κ3) is 2.62. The molecule has 1 aliphatic heterocycles. The number of benzene rings is 1. The van der Waals surface area contributed by atoms with Gasteiger partial charge in [0.15, 0.2) is 0 Å². The molecule has 1 atom stereocenters. The maximum atomic E-state index is 5.56. The van der Waals surface area contributed by atoms with Crippen LogP contribution in [0.2, 0.25) is 0 Å². The summed E-state index contributed by atoms with van der Waals surface area (Å²) in [5.74, 6) is 2.07. The van der Waals surface area contributed by atoms with E-state index in [1.165, 1.54) is 16.8 Å². The first-order chi connectivity index (χ1) is 10.2. The first-order valence-electron chi connectivity index (χ1n) is 7.69. The molecule has 1 aromatic heterocycles. The van der Waals surface area contributed by atoms with Gasteiger partial charge in [-0.3, -0.25) is 0 Å². The molecule has 21 heavy (non-hydrogen) atoms. The highest BCUT2D eigenvalue weighted by Gasteiger charge is 2.25. The van der Waals surface area contributed by atoms with Crippen LogP contribution in [0.25, 0.3) is 0 Å². The van der Waals surface area contributed by atoms with Gasteiger partial charge in [-0.25, -0.2) is 4.68 Å². The fraction of sp³-hybridized carbons (Fsp3) is 0.471. The predicted octanol–water partition coefficient (Wildman–Crippen LogP) is 3.56. The Labute approximate surface area is 126 Å². The highest BCUT2D eigenvalue weighted by molar-refractivity contribution is 5.45. The molecule has 4 nitrogen and oxygen atoms in total. The molecule has 0 saturated carbocycles. The Bertz CT molecular complexity index is 633. The van der Waals surface area contributed by atoms with Gasteiger partial charge in [-0.1, -0.05) is 31.0 Å². The molecule has 0 bridgehead atoms. The molecule has 0 saturated heterocycles. The molecule has 1 N–H and O–H groups in total. The van der Waals surface area contributed by atoms with Gasteiger partial charge in [0.1, 0.15) is 11.6 Å². The SMILES string of the molecule is CCCc1cc2n(n1)C(c1cc(C)ccc1OC)CCN2. The van der Waals surface area contributed by atoms with Crippen LogP contribution in [0.15, 0.2) is 24.3 Å². The Kier molecular flexibility index (Phi) is 3.86. The summed E-state index contributed by atoms with van der Waals surface area (Å²) in [7, 11) is 1.74. The van der Waals surface area contributed by atoms with Crippen LogP contribution in [0.4, 0.5) is 5.82 Å². The molecule has 3 rings (SSSR count). The van der Waals surface area contributed by atoms with E-state index in [1.54, 1.807) is 7.11 Å². The van der Waals surface area contributed by atoms with Crippen molar-refractivity contribution < 1.29 is 4.74 Å². The van der Waals surface area contributed by atoms with Crippen LogP contribution in [-0.2, 0) is 6.42 Å². The Morgan fingerprint density at radius 3 is 3.00 bits per heavy atom. The summed E-state index contributed by atoms with van der Waals surface area (Å²) in [6.07, 6.45) is 3.17. The van der Waals surface area contributed by atoms with E-state index in [9.17, 15) is 0 Å². The smallest absolute Gasteiger partial charge is 0.125 e. The summed E-state index contributed by atoms with van der Waals surface area (Å²) in [5.41, 5.74) is 3.65. The average Bonchev–Trinajstić information content (AvgIpc) is 2.90. The Balaban J connectivity index is 2.03. The van der Waals surface area contributed by atoms with E-state index in [-0.39, 0.29) is 6.04 Å². The topological polar surface area (TPSA) is 39.1 Å². The third-order valence-electron chi connectivity index (χ3n) is 4.06. The number of hydrogen-bond acceptors (Lipinski definition) is 3. The van der Waals surface area contributed by atoms with E-state index in [0.717, 1.165) is 37.4 Å². The summed E-state index contributed by atoms with van der Waals surface area (Å²) in [4.78, 5) is 0. The summed E-state index contributed by atoms with van der Waals surface area (Å²) < 4.78 is 7.69. The van der Waals surface area contributed by atoms with E-state index in [2.05, 4.69) is 48.1 Å². The predicted molar refractivity (Wildman–Crippen MR) is 85.2 cm³/mol. The zero-order valence-corrected chi connectivity index (χ0v) is 13.0. The van der Waals surface area contributed by atoms with Crippen LogP contribution in [0, 0.1) is 6.92 Å². The third-order valence-corrected chi connectivity index (χ3v) is 4.06. The van der Waals surface area contributed by atoms with Crippen molar-refractivity contribution in [3.05, 3.63) is 41.1 Å². The number of ether oxygens (including phenoxy) is 1. The molecule has 0 radical (unpaired) electrons. The van der Waals surface area contributed by atoms with Gasteiger partial charge in [-0.05, 0) is 25.8 Å². The Morgan fingerprint density at radius 1 is 1.38 bits per heavy atom. The second-order valence-electron chi connectivity index (χ2n) is 5.69. The molecule has 2 heterocycles. The lowest BCUT2D eigenvalue weighted by Crippen LogP contribution is -2.24. The lowest BCUT2D eigenvalue weighted by atomic mass is 9.99. The minimum atomic E-state index is 0.252. The summed E-state index contributed by atoms with van der Waals surface area (Å²) in [6, 6.07) is 8.80. The van der Waals surface area contributed by atoms with Crippen LogP contribution >= 0.6 is 0 Å². The van der Waals surface area contributed by atoms with E-state index in [0.29, 0.717) is 0 Å². The lowest BCUT2D eigenvalue weighted by molar-refractivity contribution is 0.391. The van der Waals surface area contributed by atoms with E-state index in [1.807, 2.05) is 0 Å². The molecule has 0 amide bonds. The second kappa shape index (κ2) is 5.80. The van der Waals surface area contributed by atoms with Crippen molar-refractivity contribution in [1.82, 2.24) is 9.78 Å². The summed E-state index contributed by atoms with van der Waals surface area (Å²) in [5, 5.41) is 8.25. The van der Waals surface area contributed by atoms with E-state index < -0.39 is 0 Å². The number of aryl methyl sites for hydroxylation is 2. The number of nitrogens with one attached hydrogen (secondary N) is 1. The van der Waals surface area contributed by atoms with E-state index >= 15 is 0 Å². The Hall–Kier alpha value is -1.97. The molecule has 0 spiro atoms. The second-order valence-corrected chi connectivity index (χ2v) is 5.69. The minimum absolute atomic E-state index is 0.252. The minimum Gasteiger partial charge on any atom is -0.496 e. The van der Waals surface area contributed by atoms with Gasteiger partial charge in [0, 0.05) is 18.2 Å². The first kappa shape index (κ1) is 14.0. The first-order valence-corrected chi connectivity index (χ1v) is 7.69. The van der Waals surface area contributed by atoms with Gasteiger partial charge in [0.2, 0.25) is 0 Å². The van der Waals surface area contributed by atoms with Gasteiger partial charge >= 0.3 is 0 Å². The Morgan fingerprint density at radius 2 is 2.24 bits per heavy atom.